The smallest absolute Gasteiger partial charge is 0.347 e. The second-order valence-electron chi connectivity index (χ2n) is 8.36. The van der Waals surface area contributed by atoms with E-state index in [1.165, 1.54) is 30.5 Å². The van der Waals surface area contributed by atoms with Crippen LogP contribution in [-0.2, 0) is 5.54 Å². The number of fused-ring (bicyclic) bond motifs is 1. The topological polar surface area (TPSA) is 112 Å². The number of benzene rings is 3. The van der Waals surface area contributed by atoms with Gasteiger partial charge >= 0.3 is 5.97 Å². The molecule has 0 atom stereocenters. The number of hydrogen-bond acceptors (Lipinski definition) is 6. The number of nitro groups is 1. The first-order valence-electron chi connectivity index (χ1n) is 10.7. The van der Waals surface area contributed by atoms with E-state index in [1.54, 1.807) is 19.1 Å². The molecule has 1 saturated carbocycles. The van der Waals surface area contributed by atoms with E-state index < -0.39 is 10.9 Å². The Kier molecular flexibility index (Phi) is 5.13. The van der Waals surface area contributed by atoms with Crippen molar-refractivity contribution in [3.05, 3.63) is 105 Å². The molecule has 5 rings (SSSR count). The number of nitrogens with one attached hydrogen (secondary N) is 1. The van der Waals surface area contributed by atoms with Gasteiger partial charge in [0.2, 0.25) is 0 Å². The molecule has 170 valence electrons. The number of carbonyl (C=O) groups is 2. The maximum Gasteiger partial charge on any atom is 0.347 e. The highest BCUT2D eigenvalue weighted by molar-refractivity contribution is 6.04. The van der Waals surface area contributed by atoms with E-state index in [2.05, 4.69) is 5.32 Å². The molecule has 1 aromatic heterocycles. The molecule has 8 heteroatoms. The van der Waals surface area contributed by atoms with Crippen molar-refractivity contribution in [1.29, 1.82) is 0 Å². The predicted octanol–water partition coefficient (Wildman–Crippen LogP) is 5.29. The summed E-state index contributed by atoms with van der Waals surface area (Å²) < 4.78 is 10.9. The molecule has 1 aliphatic carbocycles. The van der Waals surface area contributed by atoms with Crippen LogP contribution in [0.1, 0.15) is 44.7 Å². The number of rotatable bonds is 6. The molecule has 3 aromatic carbocycles. The number of esters is 1. The number of furan rings is 1. The molecular weight excluding hydrogens is 436 g/mol. The summed E-state index contributed by atoms with van der Waals surface area (Å²) in [6.45, 7) is 1.77. The molecule has 0 unspecified atom stereocenters. The van der Waals surface area contributed by atoms with Crippen molar-refractivity contribution in [1.82, 2.24) is 5.32 Å². The Morgan fingerprint density at radius 1 is 1.06 bits per heavy atom. The van der Waals surface area contributed by atoms with Gasteiger partial charge in [-0.05, 0) is 49.1 Å². The molecule has 0 bridgehead atoms. The van der Waals surface area contributed by atoms with Crippen LogP contribution in [-0.4, -0.2) is 16.8 Å². The molecule has 0 aliphatic heterocycles. The van der Waals surface area contributed by atoms with Gasteiger partial charge < -0.3 is 14.5 Å². The molecular formula is C26H20N2O6. The molecule has 1 heterocycles. The van der Waals surface area contributed by atoms with Crippen molar-refractivity contribution < 1.29 is 23.7 Å². The lowest BCUT2D eigenvalue weighted by Crippen LogP contribution is -2.34. The van der Waals surface area contributed by atoms with E-state index in [-0.39, 0.29) is 34.0 Å². The van der Waals surface area contributed by atoms with Crippen LogP contribution in [0.25, 0.3) is 11.0 Å². The average molecular weight is 456 g/mol. The van der Waals surface area contributed by atoms with Crippen molar-refractivity contribution in [3.8, 4) is 5.75 Å². The molecule has 34 heavy (non-hydrogen) atoms. The van der Waals surface area contributed by atoms with Gasteiger partial charge in [0.15, 0.2) is 0 Å². The molecule has 1 fully saturated rings. The van der Waals surface area contributed by atoms with E-state index >= 15 is 0 Å². The molecule has 4 aromatic rings. The van der Waals surface area contributed by atoms with E-state index in [0.717, 1.165) is 18.4 Å². The molecule has 1 amide bonds. The quantitative estimate of drug-likeness (QED) is 0.183. The van der Waals surface area contributed by atoms with Crippen LogP contribution in [0.5, 0.6) is 5.75 Å². The van der Waals surface area contributed by atoms with Gasteiger partial charge in [-0.1, -0.05) is 36.4 Å². The fraction of sp³-hybridized carbons (Fsp3) is 0.154. The summed E-state index contributed by atoms with van der Waals surface area (Å²) in [6, 6.07) is 18.8. The highest BCUT2D eigenvalue weighted by Gasteiger charge is 2.45. The van der Waals surface area contributed by atoms with Gasteiger partial charge in [-0.2, -0.15) is 0 Å². The summed E-state index contributed by atoms with van der Waals surface area (Å²) in [5.74, 6) is -0.686. The van der Waals surface area contributed by atoms with Gasteiger partial charge in [0.05, 0.1) is 16.5 Å². The average Bonchev–Trinajstić information content (AvgIpc) is 3.49. The van der Waals surface area contributed by atoms with Gasteiger partial charge in [0, 0.05) is 17.0 Å². The van der Waals surface area contributed by atoms with Crippen molar-refractivity contribution >= 4 is 28.5 Å². The summed E-state index contributed by atoms with van der Waals surface area (Å²) in [5.41, 5.74) is 1.97. The fourth-order valence-corrected chi connectivity index (χ4v) is 3.95. The van der Waals surface area contributed by atoms with Crippen molar-refractivity contribution in [3.63, 3.8) is 0 Å². The van der Waals surface area contributed by atoms with Gasteiger partial charge in [-0.25, -0.2) is 4.79 Å². The van der Waals surface area contributed by atoms with Crippen molar-refractivity contribution in [2.24, 2.45) is 0 Å². The number of amides is 1. The lowest BCUT2D eigenvalue weighted by molar-refractivity contribution is -0.384. The summed E-state index contributed by atoms with van der Waals surface area (Å²) in [5, 5.41) is 14.5. The molecule has 0 radical (unpaired) electrons. The standard InChI is InChI=1S/C26H20N2O6/c1-16-7-8-17(24(29)27-26(11-12-26)18-5-3-2-4-6-18)13-22(16)34-25(30)21-15-33-23-14-19(28(31)32)9-10-20(21)23/h2-10,13-15H,11-12H2,1H3,(H,27,29). The maximum absolute atomic E-state index is 13.0. The third-order valence-corrected chi connectivity index (χ3v) is 6.07. The SMILES string of the molecule is Cc1ccc(C(=O)NC2(c3ccccc3)CC2)cc1OC(=O)c1coc2cc([N+](=O)[O-])ccc12. The number of non-ortho nitro benzene ring substituents is 1. The normalized spacial score (nSPS) is 13.9. The predicted molar refractivity (Wildman–Crippen MR) is 124 cm³/mol. The zero-order chi connectivity index (χ0) is 23.9. The summed E-state index contributed by atoms with van der Waals surface area (Å²) in [4.78, 5) is 36.3. The Bertz CT molecular complexity index is 1440. The Hall–Kier alpha value is -4.46. The summed E-state index contributed by atoms with van der Waals surface area (Å²) in [6.07, 6.45) is 2.93. The Labute approximate surface area is 194 Å². The van der Waals surface area contributed by atoms with Crippen LogP contribution < -0.4 is 10.1 Å². The first-order chi connectivity index (χ1) is 16.4. The Morgan fingerprint density at radius 3 is 2.53 bits per heavy atom. The number of nitrogens with zero attached hydrogens (tertiary/aromatic N) is 1. The van der Waals surface area contributed by atoms with E-state index in [4.69, 9.17) is 9.15 Å². The second-order valence-corrected chi connectivity index (χ2v) is 8.36. The number of hydrogen-bond donors (Lipinski definition) is 1. The number of carbonyl (C=O) groups excluding carboxylic acids is 2. The van der Waals surface area contributed by atoms with E-state index in [1.807, 2.05) is 30.3 Å². The van der Waals surface area contributed by atoms with Crippen LogP contribution in [0, 0.1) is 17.0 Å². The van der Waals surface area contributed by atoms with E-state index in [0.29, 0.717) is 16.5 Å². The van der Waals surface area contributed by atoms with Gasteiger partial charge in [-0.15, -0.1) is 0 Å². The number of aryl methyl sites for hydroxylation is 1. The van der Waals surface area contributed by atoms with Crippen LogP contribution in [0.3, 0.4) is 0 Å². The zero-order valence-electron chi connectivity index (χ0n) is 18.2. The Morgan fingerprint density at radius 2 is 1.82 bits per heavy atom. The summed E-state index contributed by atoms with van der Waals surface area (Å²) in [7, 11) is 0. The van der Waals surface area contributed by atoms with Crippen LogP contribution in [0.4, 0.5) is 5.69 Å². The van der Waals surface area contributed by atoms with Crippen LogP contribution >= 0.6 is 0 Å². The first kappa shape index (κ1) is 21.4. The minimum absolute atomic E-state index is 0.139. The fourth-order valence-electron chi connectivity index (χ4n) is 3.95. The highest BCUT2D eigenvalue weighted by Crippen LogP contribution is 2.45. The highest BCUT2D eigenvalue weighted by atomic mass is 16.6. The third kappa shape index (κ3) is 3.90. The molecule has 0 spiro atoms. The van der Waals surface area contributed by atoms with Crippen molar-refractivity contribution in [2.75, 3.05) is 0 Å². The Balaban J connectivity index is 1.36. The van der Waals surface area contributed by atoms with Gasteiger partial charge in [0.25, 0.3) is 11.6 Å². The van der Waals surface area contributed by atoms with Crippen LogP contribution in [0.15, 0.2) is 77.4 Å². The van der Waals surface area contributed by atoms with Gasteiger partial charge in [-0.3, -0.25) is 14.9 Å². The minimum Gasteiger partial charge on any atom is -0.463 e. The number of nitro benzene ring substituents is 1. The molecule has 1 aliphatic rings. The maximum atomic E-state index is 13.0. The second kappa shape index (κ2) is 8.15. The molecule has 0 saturated heterocycles. The molecule has 8 nitrogen and oxygen atoms in total. The lowest BCUT2D eigenvalue weighted by atomic mass is 10.0. The minimum atomic E-state index is -0.684. The monoisotopic (exact) mass is 456 g/mol. The third-order valence-electron chi connectivity index (χ3n) is 6.07. The van der Waals surface area contributed by atoms with Crippen LogP contribution in [0.2, 0.25) is 0 Å². The lowest BCUT2D eigenvalue weighted by Gasteiger charge is -2.18. The van der Waals surface area contributed by atoms with Crippen molar-refractivity contribution in [2.45, 2.75) is 25.3 Å². The molecule has 1 N–H and O–H groups in total. The number of ether oxygens (including phenoxy) is 1. The largest absolute Gasteiger partial charge is 0.463 e. The van der Waals surface area contributed by atoms with E-state index in [9.17, 15) is 19.7 Å². The summed E-state index contributed by atoms with van der Waals surface area (Å²) >= 11 is 0. The van der Waals surface area contributed by atoms with Gasteiger partial charge in [0.1, 0.15) is 23.2 Å². The zero-order valence-corrected chi connectivity index (χ0v) is 18.2. The first-order valence-corrected chi connectivity index (χ1v) is 10.7.